The highest BCUT2D eigenvalue weighted by molar-refractivity contribution is 6.06. The second-order valence-electron chi connectivity index (χ2n) is 6.21. The largest absolute Gasteiger partial charge is 0.462 e. The van der Waals surface area contributed by atoms with Crippen LogP contribution in [0.1, 0.15) is 50.8 Å². The van der Waals surface area contributed by atoms with Gasteiger partial charge in [0.15, 0.2) is 0 Å². The minimum Gasteiger partial charge on any atom is -0.462 e. The Morgan fingerprint density at radius 2 is 1.70 bits per heavy atom. The standard InChI is InChI=1S/C20H21N3O4/c1-2-27-20(26)14-5-7-17(8-6-14)22-18(24)15-11-16(13-21-12-15)19(25)23-9-3-4-10-23/h5-8,11-13H,2-4,9-10H2,1H3,(H,22,24). The van der Waals surface area contributed by atoms with Gasteiger partial charge in [-0.2, -0.15) is 0 Å². The molecule has 1 saturated heterocycles. The van der Waals surface area contributed by atoms with E-state index in [1.807, 2.05) is 0 Å². The number of pyridine rings is 1. The van der Waals surface area contributed by atoms with E-state index in [0.717, 1.165) is 25.9 Å². The van der Waals surface area contributed by atoms with E-state index in [0.29, 0.717) is 29.0 Å². The number of carbonyl (C=O) groups excluding carboxylic acids is 3. The zero-order valence-corrected chi connectivity index (χ0v) is 15.1. The highest BCUT2D eigenvalue weighted by atomic mass is 16.5. The van der Waals surface area contributed by atoms with Gasteiger partial charge >= 0.3 is 5.97 Å². The summed E-state index contributed by atoms with van der Waals surface area (Å²) in [6, 6.07) is 7.96. The molecule has 2 aromatic rings. The molecule has 0 atom stereocenters. The lowest BCUT2D eigenvalue weighted by Crippen LogP contribution is -2.28. The van der Waals surface area contributed by atoms with Crippen molar-refractivity contribution in [3.63, 3.8) is 0 Å². The first-order chi connectivity index (χ1) is 13.1. The quantitative estimate of drug-likeness (QED) is 0.821. The van der Waals surface area contributed by atoms with Gasteiger partial charge in [0.05, 0.1) is 23.3 Å². The Morgan fingerprint density at radius 1 is 1.04 bits per heavy atom. The minimum atomic E-state index is -0.410. The Hall–Kier alpha value is -3.22. The number of amides is 2. The Kier molecular flexibility index (Phi) is 5.80. The predicted octanol–water partition coefficient (Wildman–Crippen LogP) is 2.75. The van der Waals surface area contributed by atoms with Gasteiger partial charge in [0.2, 0.25) is 0 Å². The second-order valence-corrected chi connectivity index (χ2v) is 6.21. The van der Waals surface area contributed by atoms with Crippen molar-refractivity contribution >= 4 is 23.5 Å². The molecule has 2 amide bonds. The van der Waals surface area contributed by atoms with Crippen molar-refractivity contribution in [2.75, 3.05) is 25.0 Å². The highest BCUT2D eigenvalue weighted by Gasteiger charge is 2.20. The average molecular weight is 367 g/mol. The molecule has 7 heteroatoms. The van der Waals surface area contributed by atoms with Crippen LogP contribution in [0.15, 0.2) is 42.7 Å². The molecule has 1 aliphatic heterocycles. The monoisotopic (exact) mass is 367 g/mol. The molecule has 0 bridgehead atoms. The van der Waals surface area contributed by atoms with Crippen molar-refractivity contribution in [1.29, 1.82) is 0 Å². The molecule has 0 radical (unpaired) electrons. The van der Waals surface area contributed by atoms with Crippen LogP contribution >= 0.6 is 0 Å². The van der Waals surface area contributed by atoms with E-state index < -0.39 is 5.97 Å². The van der Waals surface area contributed by atoms with Crippen LogP contribution in [0.5, 0.6) is 0 Å². The summed E-state index contributed by atoms with van der Waals surface area (Å²) in [5, 5.41) is 2.74. The summed E-state index contributed by atoms with van der Waals surface area (Å²) >= 11 is 0. The molecule has 1 aliphatic rings. The van der Waals surface area contributed by atoms with Gasteiger partial charge in [-0.15, -0.1) is 0 Å². The van der Waals surface area contributed by atoms with Gasteiger partial charge < -0.3 is 15.0 Å². The van der Waals surface area contributed by atoms with Gasteiger partial charge in [0, 0.05) is 31.2 Å². The lowest BCUT2D eigenvalue weighted by molar-refractivity contribution is 0.0526. The average Bonchev–Trinajstić information content (AvgIpc) is 3.23. The third-order valence-electron chi connectivity index (χ3n) is 4.29. The first kappa shape index (κ1) is 18.6. The number of likely N-dealkylation sites (tertiary alicyclic amines) is 1. The lowest BCUT2D eigenvalue weighted by atomic mass is 10.1. The van der Waals surface area contributed by atoms with Crippen molar-refractivity contribution in [1.82, 2.24) is 9.88 Å². The zero-order chi connectivity index (χ0) is 19.2. The Balaban J connectivity index is 1.68. The predicted molar refractivity (Wildman–Crippen MR) is 99.7 cm³/mol. The molecular weight excluding hydrogens is 346 g/mol. The van der Waals surface area contributed by atoms with E-state index in [9.17, 15) is 14.4 Å². The SMILES string of the molecule is CCOC(=O)c1ccc(NC(=O)c2cncc(C(=O)N3CCCC3)c2)cc1. The number of aromatic nitrogens is 1. The Morgan fingerprint density at radius 3 is 2.37 bits per heavy atom. The first-order valence-electron chi connectivity index (χ1n) is 8.91. The molecule has 0 saturated carbocycles. The number of hydrogen-bond donors (Lipinski definition) is 1. The van der Waals surface area contributed by atoms with E-state index >= 15 is 0 Å². The van der Waals surface area contributed by atoms with Crippen molar-refractivity contribution in [2.24, 2.45) is 0 Å². The summed E-state index contributed by atoms with van der Waals surface area (Å²) in [7, 11) is 0. The van der Waals surface area contributed by atoms with Crippen LogP contribution in [0.25, 0.3) is 0 Å². The van der Waals surface area contributed by atoms with Gasteiger partial charge in [-0.25, -0.2) is 4.79 Å². The van der Waals surface area contributed by atoms with Crippen LogP contribution in [0.2, 0.25) is 0 Å². The summed E-state index contributed by atoms with van der Waals surface area (Å²) in [6.07, 6.45) is 4.90. The molecular formula is C20H21N3O4. The van der Waals surface area contributed by atoms with E-state index in [-0.39, 0.29) is 11.8 Å². The van der Waals surface area contributed by atoms with Crippen LogP contribution in [0.4, 0.5) is 5.69 Å². The molecule has 1 aromatic carbocycles. The zero-order valence-electron chi connectivity index (χ0n) is 15.1. The number of benzene rings is 1. The fourth-order valence-electron chi connectivity index (χ4n) is 2.89. The summed E-state index contributed by atoms with van der Waals surface area (Å²) in [5.41, 5.74) is 1.65. The van der Waals surface area contributed by atoms with Gasteiger partial charge in [-0.1, -0.05) is 0 Å². The van der Waals surface area contributed by atoms with Crippen molar-refractivity contribution in [3.8, 4) is 0 Å². The number of nitrogens with one attached hydrogen (secondary N) is 1. The van der Waals surface area contributed by atoms with Crippen LogP contribution in [-0.4, -0.2) is 47.4 Å². The van der Waals surface area contributed by atoms with Crippen LogP contribution in [0, 0.1) is 0 Å². The number of hydrogen-bond acceptors (Lipinski definition) is 5. The topological polar surface area (TPSA) is 88.6 Å². The number of rotatable bonds is 5. The molecule has 0 unspecified atom stereocenters. The normalized spacial score (nSPS) is 13.3. The van der Waals surface area contributed by atoms with Crippen LogP contribution in [-0.2, 0) is 4.74 Å². The third-order valence-corrected chi connectivity index (χ3v) is 4.29. The molecule has 7 nitrogen and oxygen atoms in total. The maximum atomic E-state index is 12.5. The van der Waals surface area contributed by atoms with Crippen molar-refractivity contribution in [2.45, 2.75) is 19.8 Å². The maximum Gasteiger partial charge on any atom is 0.338 e. The van der Waals surface area contributed by atoms with Crippen LogP contribution < -0.4 is 5.32 Å². The molecule has 1 N–H and O–H groups in total. The summed E-state index contributed by atoms with van der Waals surface area (Å²) in [6.45, 7) is 3.52. The summed E-state index contributed by atoms with van der Waals surface area (Å²) in [4.78, 5) is 42.4. The summed E-state index contributed by atoms with van der Waals surface area (Å²) < 4.78 is 4.93. The molecule has 1 fully saturated rings. The van der Waals surface area contributed by atoms with E-state index in [1.54, 1.807) is 42.2 Å². The Bertz CT molecular complexity index is 843. The number of ether oxygens (including phenoxy) is 1. The molecule has 3 rings (SSSR count). The molecule has 140 valence electrons. The fourth-order valence-corrected chi connectivity index (χ4v) is 2.89. The molecule has 27 heavy (non-hydrogen) atoms. The van der Waals surface area contributed by atoms with Gasteiger partial charge in [-0.05, 0) is 50.1 Å². The molecule has 0 aliphatic carbocycles. The van der Waals surface area contributed by atoms with Gasteiger partial charge in [0.25, 0.3) is 11.8 Å². The number of anilines is 1. The highest BCUT2D eigenvalue weighted by Crippen LogP contribution is 2.15. The maximum absolute atomic E-state index is 12.5. The van der Waals surface area contributed by atoms with Gasteiger partial charge in [-0.3, -0.25) is 14.6 Å². The van der Waals surface area contributed by atoms with Gasteiger partial charge in [0.1, 0.15) is 0 Å². The van der Waals surface area contributed by atoms with Crippen molar-refractivity contribution < 1.29 is 19.1 Å². The van der Waals surface area contributed by atoms with Crippen LogP contribution in [0.3, 0.4) is 0 Å². The third kappa shape index (κ3) is 4.49. The lowest BCUT2D eigenvalue weighted by Gasteiger charge is -2.15. The number of esters is 1. The van der Waals surface area contributed by atoms with E-state index in [1.165, 1.54) is 12.4 Å². The minimum absolute atomic E-state index is 0.103. The number of carbonyl (C=O) groups is 3. The smallest absolute Gasteiger partial charge is 0.338 e. The second kappa shape index (κ2) is 8.44. The number of nitrogens with zero attached hydrogens (tertiary/aromatic N) is 2. The summed E-state index contributed by atoms with van der Waals surface area (Å²) in [5.74, 6) is -0.886. The van der Waals surface area contributed by atoms with Crippen molar-refractivity contribution in [3.05, 3.63) is 59.4 Å². The molecule has 2 heterocycles. The molecule has 0 spiro atoms. The fraction of sp³-hybridized carbons (Fsp3) is 0.300. The molecule has 1 aromatic heterocycles. The first-order valence-corrected chi connectivity index (χ1v) is 8.91. The van der Waals surface area contributed by atoms with E-state index in [2.05, 4.69) is 10.3 Å². The Labute approximate surface area is 157 Å². The van der Waals surface area contributed by atoms with E-state index in [4.69, 9.17) is 4.74 Å².